The number of nitrogens with one attached hydrogen (secondary N) is 1. The van der Waals surface area contributed by atoms with Gasteiger partial charge in [-0.05, 0) is 196 Å². The number of likely N-dealkylation sites (tertiary alicyclic amines) is 4. The average Bonchev–Trinajstić information content (AvgIpc) is 4.18. The van der Waals surface area contributed by atoms with E-state index >= 15 is 0 Å². The van der Waals surface area contributed by atoms with E-state index in [1.54, 1.807) is 22.3 Å². The molecular weight excluding hydrogens is 821 g/mol. The van der Waals surface area contributed by atoms with Gasteiger partial charge in [0.15, 0.2) is 37.2 Å². The Kier molecular flexibility index (Phi) is 18.1. The van der Waals surface area contributed by atoms with E-state index < -0.39 is 0 Å². The molecule has 4 atom stereocenters. The Morgan fingerprint density at radius 2 is 0.970 bits per heavy atom. The number of hydrogen-bond acceptors (Lipinski definition) is 5. The number of nitrogens with zero attached hydrogens (tertiary/aromatic N) is 7. The van der Waals surface area contributed by atoms with Crippen molar-refractivity contribution in [3.63, 3.8) is 0 Å². The number of likely N-dealkylation sites (N-methyl/N-ethyl adjacent to an activating group) is 1. The van der Waals surface area contributed by atoms with Crippen molar-refractivity contribution in [3.05, 3.63) is 161 Å². The summed E-state index contributed by atoms with van der Waals surface area (Å²) in [4.78, 5) is 10.0. The Morgan fingerprint density at radius 1 is 0.567 bits per heavy atom. The molecule has 4 aromatic rings. The highest BCUT2D eigenvalue weighted by Gasteiger charge is 2.27. The van der Waals surface area contributed by atoms with Gasteiger partial charge in [0.2, 0.25) is 0 Å². The molecule has 8 rings (SSSR count). The maximum Gasteiger partial charge on any atom is 0.173 e. The van der Waals surface area contributed by atoms with Gasteiger partial charge in [0, 0.05) is 84.9 Å². The van der Waals surface area contributed by atoms with E-state index in [-0.39, 0.29) is 0 Å². The van der Waals surface area contributed by atoms with Gasteiger partial charge < -0.3 is 5.32 Å². The first-order valence-electron chi connectivity index (χ1n) is 26.5. The molecule has 1 aromatic carbocycles. The quantitative estimate of drug-likeness (QED) is 0.0458. The van der Waals surface area contributed by atoms with Gasteiger partial charge in [-0.2, -0.15) is 0 Å². The monoisotopic (exact) mass is 906 g/mol. The first-order valence-corrected chi connectivity index (χ1v) is 26.5. The first-order chi connectivity index (χ1) is 32.8. The molecule has 4 saturated heterocycles. The van der Waals surface area contributed by atoms with Crippen molar-refractivity contribution in [2.75, 3.05) is 60.9 Å². The number of hydrogen-bond donors (Lipinski definition) is 1. The molecule has 0 aliphatic carbocycles. The molecular formula is C59H85N8+3. The number of rotatable bonds is 23. The SMILES string of the molecule is C=C/C(=C\C=C/NCCCc1cc(CCC[n+]2cccc(C3CCCN3C)c2)c(CCC[n+]2cccc(C3CCCN3C)c2)cc1CCC[n+]1cccc(C2CCCN2C)c1)C1CCCN1C. The fourth-order valence-corrected chi connectivity index (χ4v) is 12.0. The number of allylic oxidation sites excluding steroid dienone is 2. The third kappa shape index (κ3) is 13.4. The highest BCUT2D eigenvalue weighted by molar-refractivity contribution is 5.39. The van der Waals surface area contributed by atoms with Crippen molar-refractivity contribution in [2.24, 2.45) is 0 Å². The van der Waals surface area contributed by atoms with Crippen LogP contribution in [-0.2, 0) is 45.3 Å². The van der Waals surface area contributed by atoms with E-state index in [0.717, 1.165) is 77.5 Å². The summed E-state index contributed by atoms with van der Waals surface area (Å²) in [6.07, 6.45) is 41.8. The molecule has 0 saturated carbocycles. The van der Waals surface area contributed by atoms with Crippen LogP contribution in [0.5, 0.6) is 0 Å². The fraction of sp³-hybridized carbons (Fsp3) is 0.542. The minimum Gasteiger partial charge on any atom is -0.391 e. The van der Waals surface area contributed by atoms with Crippen molar-refractivity contribution in [1.29, 1.82) is 0 Å². The average molecular weight is 906 g/mol. The highest BCUT2D eigenvalue weighted by Crippen LogP contribution is 2.32. The Bertz CT molecular complexity index is 2260. The van der Waals surface area contributed by atoms with E-state index in [1.807, 2.05) is 6.08 Å². The third-order valence-electron chi connectivity index (χ3n) is 15.9. The molecule has 1 N–H and O–H groups in total. The van der Waals surface area contributed by atoms with Crippen molar-refractivity contribution in [2.45, 2.75) is 147 Å². The van der Waals surface area contributed by atoms with Gasteiger partial charge in [-0.25, -0.2) is 13.7 Å². The predicted octanol–water partition coefficient (Wildman–Crippen LogP) is 8.99. The molecule has 3 aromatic heterocycles. The van der Waals surface area contributed by atoms with Crippen LogP contribution in [0.3, 0.4) is 0 Å². The zero-order chi connectivity index (χ0) is 46.4. The number of aromatic nitrogens is 3. The predicted molar refractivity (Wildman–Crippen MR) is 275 cm³/mol. The second-order valence-electron chi connectivity index (χ2n) is 20.7. The molecule has 7 heterocycles. The lowest BCUT2D eigenvalue weighted by atomic mass is 9.89. The van der Waals surface area contributed by atoms with E-state index in [0.29, 0.717) is 24.2 Å². The molecule has 8 heteroatoms. The first kappa shape index (κ1) is 49.0. The summed E-state index contributed by atoms with van der Waals surface area (Å²) in [7, 11) is 9.09. The van der Waals surface area contributed by atoms with Crippen molar-refractivity contribution in [3.8, 4) is 0 Å². The molecule has 67 heavy (non-hydrogen) atoms. The largest absolute Gasteiger partial charge is 0.391 e. The Balaban J connectivity index is 0.990. The van der Waals surface area contributed by atoms with Gasteiger partial charge in [0.1, 0.15) is 19.6 Å². The highest BCUT2D eigenvalue weighted by atomic mass is 15.2. The minimum atomic E-state index is 0.491. The van der Waals surface area contributed by atoms with Crippen LogP contribution >= 0.6 is 0 Å². The van der Waals surface area contributed by atoms with Crippen LogP contribution in [-0.4, -0.2) is 86.6 Å². The van der Waals surface area contributed by atoms with Gasteiger partial charge in [-0.1, -0.05) is 30.9 Å². The van der Waals surface area contributed by atoms with Gasteiger partial charge in [0.25, 0.3) is 0 Å². The van der Waals surface area contributed by atoms with Gasteiger partial charge in [0.05, 0.1) is 0 Å². The normalized spacial score (nSPS) is 22.2. The van der Waals surface area contributed by atoms with E-state index in [9.17, 15) is 0 Å². The molecule has 358 valence electrons. The minimum absolute atomic E-state index is 0.491. The van der Waals surface area contributed by atoms with Crippen molar-refractivity contribution < 1.29 is 13.7 Å². The molecule has 0 radical (unpaired) electrons. The summed E-state index contributed by atoms with van der Waals surface area (Å²) in [5, 5.41) is 3.64. The summed E-state index contributed by atoms with van der Waals surface area (Å²) in [6.45, 7) is 13.0. The molecule has 0 amide bonds. The maximum atomic E-state index is 4.13. The van der Waals surface area contributed by atoms with E-state index in [1.165, 1.54) is 99.8 Å². The van der Waals surface area contributed by atoms with Gasteiger partial charge in [-0.3, -0.25) is 19.6 Å². The maximum absolute atomic E-state index is 4.13. The van der Waals surface area contributed by atoms with Crippen LogP contribution in [0.2, 0.25) is 0 Å². The topological polar surface area (TPSA) is 36.6 Å². The molecule has 0 spiro atoms. The second kappa shape index (κ2) is 24.7. The lowest BCUT2D eigenvalue weighted by Crippen LogP contribution is -2.35. The summed E-state index contributed by atoms with van der Waals surface area (Å²) in [5.41, 5.74) is 12.0. The van der Waals surface area contributed by atoms with Crippen LogP contribution < -0.4 is 19.0 Å². The molecule has 8 nitrogen and oxygen atoms in total. The van der Waals surface area contributed by atoms with Crippen LogP contribution in [0.4, 0.5) is 0 Å². The number of benzene rings is 1. The van der Waals surface area contributed by atoms with Crippen molar-refractivity contribution >= 4 is 0 Å². The number of aryl methyl sites for hydroxylation is 7. The molecule has 4 unspecified atom stereocenters. The third-order valence-corrected chi connectivity index (χ3v) is 15.9. The Labute approximate surface area is 405 Å². The summed E-state index contributed by atoms with van der Waals surface area (Å²) >= 11 is 0. The smallest absolute Gasteiger partial charge is 0.173 e. The summed E-state index contributed by atoms with van der Waals surface area (Å²) < 4.78 is 7.37. The van der Waals surface area contributed by atoms with E-state index in [2.05, 4.69) is 177 Å². The zero-order valence-electron chi connectivity index (χ0n) is 42.0. The summed E-state index contributed by atoms with van der Waals surface area (Å²) in [5.74, 6) is 0. The molecule has 4 aliphatic heterocycles. The lowest BCUT2D eigenvalue weighted by molar-refractivity contribution is -0.698. The lowest BCUT2D eigenvalue weighted by Gasteiger charge is -2.20. The molecule has 4 fully saturated rings. The van der Waals surface area contributed by atoms with Crippen LogP contribution in [0.25, 0.3) is 0 Å². The van der Waals surface area contributed by atoms with Crippen LogP contribution in [0.1, 0.15) is 134 Å². The van der Waals surface area contributed by atoms with E-state index in [4.69, 9.17) is 0 Å². The molecule has 0 bridgehead atoms. The number of pyridine rings is 3. The molecule has 4 aliphatic rings. The van der Waals surface area contributed by atoms with Gasteiger partial charge in [-0.15, -0.1) is 0 Å². The summed E-state index contributed by atoms with van der Waals surface area (Å²) in [6, 6.07) is 21.3. The van der Waals surface area contributed by atoms with Crippen LogP contribution in [0, 0.1) is 0 Å². The van der Waals surface area contributed by atoms with Crippen molar-refractivity contribution in [1.82, 2.24) is 24.9 Å². The second-order valence-corrected chi connectivity index (χ2v) is 20.7. The van der Waals surface area contributed by atoms with Crippen LogP contribution in [0.15, 0.2) is 122 Å². The zero-order valence-corrected chi connectivity index (χ0v) is 42.0. The Hall–Kier alpha value is -4.47. The Morgan fingerprint density at radius 3 is 1.34 bits per heavy atom. The standard InChI is InChI=1S/C59H85N8/c1-6-48(56-27-15-33-61(56)2)19-7-31-60-32-8-20-49-43-51(22-10-38-66-41-13-25-54(46-66)58-29-17-35-63(58)4)52(23-11-39-67-42-14-26-55(47-67)59-30-18-36-64(59)5)44-50(49)21-9-37-65-40-12-24-53(45-65)57-28-16-34-62(57)3/h6-7,12-14,19,24-26,31,40-47,56-60H,1,8-11,15-18,20-23,27-30,32-39H2,2-5H3/q+3/b31-7-,48-19+. The fourth-order valence-electron chi connectivity index (χ4n) is 12.0. The van der Waals surface area contributed by atoms with Gasteiger partial charge >= 0.3 is 0 Å².